The van der Waals surface area contributed by atoms with Crippen LogP contribution in [-0.4, -0.2) is 52.4 Å². The Morgan fingerprint density at radius 2 is 1.76 bits per heavy atom. The van der Waals surface area contributed by atoms with Crippen LogP contribution < -0.4 is 10.4 Å². The number of aliphatic hydroxyl groups excluding tert-OH is 1. The van der Waals surface area contributed by atoms with Gasteiger partial charge in [-0.2, -0.15) is 0 Å². The number of fused-ring (bicyclic) bond motifs is 4. The Bertz CT molecular complexity index is 1460. The summed E-state index contributed by atoms with van der Waals surface area (Å²) in [6, 6.07) is 5.00. The number of esters is 3. The molecule has 2 aromatic heterocycles. The molecule has 11 heteroatoms. The summed E-state index contributed by atoms with van der Waals surface area (Å²) in [6.07, 6.45) is 1.53. The zero-order valence-electron chi connectivity index (χ0n) is 24.7. The van der Waals surface area contributed by atoms with Gasteiger partial charge in [0.25, 0.3) is 0 Å². The van der Waals surface area contributed by atoms with Gasteiger partial charge in [-0.05, 0) is 49.7 Å². The van der Waals surface area contributed by atoms with E-state index in [0.29, 0.717) is 18.4 Å². The van der Waals surface area contributed by atoms with Crippen LogP contribution in [0.5, 0.6) is 5.75 Å². The summed E-state index contributed by atoms with van der Waals surface area (Å²) < 4.78 is 29.5. The Morgan fingerprint density at radius 1 is 1.07 bits per heavy atom. The van der Waals surface area contributed by atoms with Gasteiger partial charge in [0.15, 0.2) is 0 Å². The molecule has 0 radical (unpaired) electrons. The number of ether oxygens (including phenoxy) is 4. The SMILES string of the molecule is CC(=O)OC[C@]1(C)[C@@H]2C[C@@H](OC(C)=O)[C@@]3(C)Oc4cc(-c5cccnc5)oc(=O)c4[C@@H](O)[C@@H]3[C@@]2(C)CC[C@H]1OC(C)=O. The zero-order valence-corrected chi connectivity index (χ0v) is 24.7. The highest BCUT2D eigenvalue weighted by Crippen LogP contribution is 2.67. The molecule has 8 atom stereocenters. The van der Waals surface area contributed by atoms with E-state index >= 15 is 0 Å². The molecule has 0 unspecified atom stereocenters. The van der Waals surface area contributed by atoms with Crippen LogP contribution in [-0.2, 0) is 28.6 Å². The molecule has 1 aliphatic heterocycles. The van der Waals surface area contributed by atoms with Crippen molar-refractivity contribution in [2.24, 2.45) is 22.7 Å². The van der Waals surface area contributed by atoms with Gasteiger partial charge in [-0.15, -0.1) is 0 Å². The predicted octanol–water partition coefficient (Wildman–Crippen LogP) is 3.76. The van der Waals surface area contributed by atoms with Crippen LogP contribution in [0.4, 0.5) is 0 Å². The maximum absolute atomic E-state index is 13.4. The van der Waals surface area contributed by atoms with E-state index in [1.165, 1.54) is 20.8 Å². The topological polar surface area (TPSA) is 151 Å². The summed E-state index contributed by atoms with van der Waals surface area (Å²) >= 11 is 0. The van der Waals surface area contributed by atoms with Crippen LogP contribution >= 0.6 is 0 Å². The molecule has 11 nitrogen and oxygen atoms in total. The minimum atomic E-state index is -1.34. The Balaban J connectivity index is 1.66. The number of hydrogen-bond acceptors (Lipinski definition) is 11. The number of aliphatic hydroxyl groups is 1. The van der Waals surface area contributed by atoms with E-state index in [1.807, 2.05) is 13.8 Å². The number of aromatic nitrogens is 1. The number of carbonyl (C=O) groups is 3. The molecule has 1 N–H and O–H groups in total. The molecular formula is C31H37NO10. The lowest BCUT2D eigenvalue weighted by molar-refractivity contribution is -0.270. The van der Waals surface area contributed by atoms with Crippen LogP contribution in [0.25, 0.3) is 11.3 Å². The maximum atomic E-state index is 13.4. The van der Waals surface area contributed by atoms with Gasteiger partial charge in [0.2, 0.25) is 0 Å². The van der Waals surface area contributed by atoms with Crippen molar-refractivity contribution in [2.45, 2.75) is 84.7 Å². The minimum absolute atomic E-state index is 0.0163. The van der Waals surface area contributed by atoms with E-state index < -0.39 is 64.2 Å². The molecule has 2 aromatic rings. The van der Waals surface area contributed by atoms with Crippen molar-refractivity contribution < 1.29 is 42.9 Å². The fraction of sp³-hybridized carbons (Fsp3) is 0.581. The lowest BCUT2D eigenvalue weighted by Crippen LogP contribution is -2.71. The fourth-order valence-electron chi connectivity index (χ4n) is 8.04. The van der Waals surface area contributed by atoms with E-state index in [4.69, 9.17) is 23.4 Å². The highest BCUT2D eigenvalue weighted by Gasteiger charge is 2.70. The van der Waals surface area contributed by atoms with Crippen LogP contribution in [0.2, 0.25) is 0 Å². The normalized spacial score (nSPS) is 35.0. The maximum Gasteiger partial charge on any atom is 0.345 e. The van der Waals surface area contributed by atoms with Crippen LogP contribution in [0.1, 0.15) is 72.5 Å². The predicted molar refractivity (Wildman–Crippen MR) is 147 cm³/mol. The number of nitrogens with zero attached hydrogens (tertiary/aromatic N) is 1. The third-order valence-corrected chi connectivity index (χ3v) is 9.73. The molecule has 0 saturated heterocycles. The summed E-state index contributed by atoms with van der Waals surface area (Å²) in [6.45, 7) is 9.56. The second-order valence-corrected chi connectivity index (χ2v) is 12.4. The van der Waals surface area contributed by atoms with Crippen molar-refractivity contribution >= 4 is 17.9 Å². The first-order chi connectivity index (χ1) is 19.7. The molecule has 2 saturated carbocycles. The second kappa shape index (κ2) is 10.5. The quantitative estimate of drug-likeness (QED) is 0.405. The number of pyridine rings is 1. The summed E-state index contributed by atoms with van der Waals surface area (Å²) in [5.41, 5.74) is -3.09. The van der Waals surface area contributed by atoms with Gasteiger partial charge in [-0.1, -0.05) is 13.8 Å². The summed E-state index contributed by atoms with van der Waals surface area (Å²) in [7, 11) is 0. The van der Waals surface area contributed by atoms with Gasteiger partial charge < -0.3 is 28.5 Å². The Morgan fingerprint density at radius 3 is 2.38 bits per heavy atom. The number of hydrogen-bond donors (Lipinski definition) is 1. The largest absolute Gasteiger partial charge is 0.482 e. The third kappa shape index (κ3) is 4.77. The summed E-state index contributed by atoms with van der Waals surface area (Å²) in [5.74, 6) is -2.25. The average molecular weight is 584 g/mol. The van der Waals surface area contributed by atoms with Crippen molar-refractivity contribution in [2.75, 3.05) is 6.61 Å². The molecule has 0 spiro atoms. The van der Waals surface area contributed by atoms with Gasteiger partial charge in [0.1, 0.15) is 41.5 Å². The van der Waals surface area contributed by atoms with Gasteiger partial charge in [0.05, 0.1) is 6.10 Å². The minimum Gasteiger partial charge on any atom is -0.482 e. The first-order valence-corrected chi connectivity index (χ1v) is 14.1. The van der Waals surface area contributed by atoms with Crippen molar-refractivity contribution in [1.29, 1.82) is 0 Å². The van der Waals surface area contributed by atoms with Gasteiger partial charge in [0, 0.05) is 56.1 Å². The van der Waals surface area contributed by atoms with Gasteiger partial charge >= 0.3 is 23.5 Å². The van der Waals surface area contributed by atoms with E-state index in [-0.39, 0.29) is 36.0 Å². The third-order valence-electron chi connectivity index (χ3n) is 9.73. The number of carbonyl (C=O) groups excluding carboxylic acids is 3. The standard InChI is InChI=1S/C31H37NO10/c1-16(33)38-15-30(5)22-13-24(40-18(3)35)31(6)27(29(22,4)10-9-23(30)39-17(2)34)26(36)25-21(42-31)12-20(41-28(25)37)19-8-7-11-32-14-19/h7-8,11-12,14,22-24,26-27,36H,9-10,13,15H2,1-6H3/t22-,23-,24-,26-,27-,29+,30-,31-/m1/s1. The lowest BCUT2D eigenvalue weighted by Gasteiger charge is -2.66. The monoisotopic (exact) mass is 583 g/mol. The summed E-state index contributed by atoms with van der Waals surface area (Å²) in [4.78, 5) is 54.0. The smallest absolute Gasteiger partial charge is 0.345 e. The lowest BCUT2D eigenvalue weighted by atomic mass is 9.42. The molecular weight excluding hydrogens is 546 g/mol. The highest BCUT2D eigenvalue weighted by atomic mass is 16.6. The first kappa shape index (κ1) is 29.8. The average Bonchev–Trinajstić information content (AvgIpc) is 2.90. The highest BCUT2D eigenvalue weighted by molar-refractivity contribution is 5.67. The van der Waals surface area contributed by atoms with Gasteiger partial charge in [-0.3, -0.25) is 19.4 Å². The molecule has 42 heavy (non-hydrogen) atoms. The van der Waals surface area contributed by atoms with Crippen LogP contribution in [0.15, 0.2) is 39.8 Å². The van der Waals surface area contributed by atoms with Crippen molar-refractivity contribution in [3.05, 3.63) is 46.6 Å². The van der Waals surface area contributed by atoms with Crippen molar-refractivity contribution in [3.8, 4) is 17.1 Å². The zero-order chi connectivity index (χ0) is 30.6. The Labute approximate surface area is 243 Å². The molecule has 2 fully saturated rings. The van der Waals surface area contributed by atoms with E-state index in [1.54, 1.807) is 37.5 Å². The molecule has 3 aliphatic rings. The van der Waals surface area contributed by atoms with Crippen LogP contribution in [0.3, 0.4) is 0 Å². The van der Waals surface area contributed by atoms with E-state index in [2.05, 4.69) is 4.98 Å². The van der Waals surface area contributed by atoms with Crippen molar-refractivity contribution in [3.63, 3.8) is 0 Å². The molecule has 0 aromatic carbocycles. The molecule has 0 bridgehead atoms. The summed E-state index contributed by atoms with van der Waals surface area (Å²) in [5, 5.41) is 12.1. The van der Waals surface area contributed by atoms with Gasteiger partial charge in [-0.25, -0.2) is 4.79 Å². The fourth-order valence-corrected chi connectivity index (χ4v) is 8.04. The van der Waals surface area contributed by atoms with E-state index in [0.717, 1.165) is 0 Å². The molecule has 226 valence electrons. The Hall–Kier alpha value is -3.73. The molecule has 0 amide bonds. The Kier molecular flexibility index (Phi) is 7.45. The first-order valence-electron chi connectivity index (χ1n) is 14.1. The molecule has 3 heterocycles. The number of rotatable bonds is 5. The van der Waals surface area contributed by atoms with E-state index in [9.17, 15) is 24.3 Å². The molecule has 5 rings (SSSR count). The second-order valence-electron chi connectivity index (χ2n) is 12.4. The molecule has 2 aliphatic carbocycles. The van der Waals surface area contributed by atoms with Crippen LogP contribution in [0, 0.1) is 22.7 Å². The van der Waals surface area contributed by atoms with Crippen molar-refractivity contribution in [1.82, 2.24) is 4.98 Å².